The number of hydrogen-bond acceptors (Lipinski definition) is 5. The monoisotopic (exact) mass is 370 g/mol. The maximum atomic E-state index is 13.0. The number of ether oxygens (including phenoxy) is 2. The number of piperidine rings is 1. The van der Waals surface area contributed by atoms with E-state index in [1.807, 2.05) is 0 Å². The van der Waals surface area contributed by atoms with Gasteiger partial charge in [-0.15, -0.1) is 0 Å². The molecule has 140 valence electrons. The predicted molar refractivity (Wildman–Crippen MR) is 84.5 cm³/mol. The second-order valence-corrected chi connectivity index (χ2v) is 6.67. The van der Waals surface area contributed by atoms with Gasteiger partial charge in [-0.3, -0.25) is 19.4 Å². The maximum Gasteiger partial charge on any atom is 0.393 e. The van der Waals surface area contributed by atoms with Gasteiger partial charge < -0.3 is 9.47 Å². The third kappa shape index (κ3) is 2.90. The molecule has 26 heavy (non-hydrogen) atoms. The number of carbonyl (C=O) groups is 2. The minimum absolute atomic E-state index is 0.0518. The highest BCUT2D eigenvalue weighted by Crippen LogP contribution is 2.41. The van der Waals surface area contributed by atoms with Crippen molar-refractivity contribution in [3.05, 3.63) is 17.7 Å². The summed E-state index contributed by atoms with van der Waals surface area (Å²) in [6, 6.07) is 3.02. The molecule has 0 saturated carbocycles. The number of rotatable bonds is 2. The molecule has 1 aromatic rings. The Kier molecular flexibility index (Phi) is 4.06. The van der Waals surface area contributed by atoms with Crippen LogP contribution in [-0.2, 0) is 4.79 Å². The van der Waals surface area contributed by atoms with Crippen LogP contribution in [0.3, 0.4) is 0 Å². The van der Waals surface area contributed by atoms with Crippen LogP contribution in [0.1, 0.15) is 23.2 Å². The average Bonchev–Trinajstić information content (AvgIpc) is 2.84. The molecule has 1 unspecified atom stereocenters. The van der Waals surface area contributed by atoms with Crippen molar-refractivity contribution in [1.29, 1.82) is 0 Å². The molecule has 0 aromatic heterocycles. The van der Waals surface area contributed by atoms with Gasteiger partial charge >= 0.3 is 12.1 Å². The second-order valence-electron chi connectivity index (χ2n) is 6.67. The normalized spacial score (nSPS) is 23.3. The Morgan fingerprint density at radius 2 is 1.81 bits per heavy atom. The number of likely N-dealkylation sites (tertiary alicyclic amines) is 1. The van der Waals surface area contributed by atoms with Gasteiger partial charge in [-0.2, -0.15) is 13.2 Å². The van der Waals surface area contributed by atoms with Gasteiger partial charge in [-0.25, -0.2) is 0 Å². The average molecular weight is 370 g/mol. The van der Waals surface area contributed by atoms with Crippen LogP contribution in [0.5, 0.6) is 11.5 Å². The van der Waals surface area contributed by atoms with E-state index in [0.717, 1.165) is 0 Å². The fraction of sp³-hybridized carbons (Fsp3) is 0.529. The first-order valence-corrected chi connectivity index (χ1v) is 8.43. The molecule has 6 nitrogen and oxygen atoms in total. The van der Waals surface area contributed by atoms with Crippen LogP contribution >= 0.6 is 0 Å². The number of Topliss-reactive ketones (excluding diaryl/α,β-unsaturated/α-hetero) is 1. The summed E-state index contributed by atoms with van der Waals surface area (Å²) in [5, 5.41) is 0. The molecule has 1 fully saturated rings. The third-order valence-electron chi connectivity index (χ3n) is 4.95. The summed E-state index contributed by atoms with van der Waals surface area (Å²) < 4.78 is 49.9. The summed E-state index contributed by atoms with van der Waals surface area (Å²) in [7, 11) is 0. The zero-order valence-corrected chi connectivity index (χ0v) is 13.8. The van der Waals surface area contributed by atoms with E-state index in [0.29, 0.717) is 43.4 Å². The van der Waals surface area contributed by atoms with E-state index in [2.05, 4.69) is 0 Å². The minimum atomic E-state index is -4.26. The van der Waals surface area contributed by atoms with Gasteiger partial charge in [0.2, 0.25) is 0 Å². The minimum Gasteiger partial charge on any atom is -0.486 e. The van der Waals surface area contributed by atoms with Crippen molar-refractivity contribution in [2.24, 2.45) is 5.92 Å². The van der Waals surface area contributed by atoms with Crippen LogP contribution in [0.25, 0.3) is 0 Å². The smallest absolute Gasteiger partial charge is 0.393 e. The molecule has 1 atom stereocenters. The van der Waals surface area contributed by atoms with Crippen molar-refractivity contribution in [3.63, 3.8) is 0 Å². The lowest BCUT2D eigenvalue weighted by atomic mass is 9.98. The lowest BCUT2D eigenvalue weighted by molar-refractivity contribution is -0.186. The van der Waals surface area contributed by atoms with Crippen LogP contribution in [-0.4, -0.2) is 55.7 Å². The second kappa shape index (κ2) is 6.15. The van der Waals surface area contributed by atoms with E-state index in [-0.39, 0.29) is 25.2 Å². The Morgan fingerprint density at radius 1 is 1.12 bits per heavy atom. The van der Waals surface area contributed by atoms with E-state index in [9.17, 15) is 22.8 Å². The van der Waals surface area contributed by atoms with Crippen molar-refractivity contribution < 1.29 is 32.2 Å². The molecule has 0 radical (unpaired) electrons. The van der Waals surface area contributed by atoms with Crippen molar-refractivity contribution in [3.8, 4) is 11.5 Å². The highest BCUT2D eigenvalue weighted by Gasteiger charge is 2.43. The molecule has 1 aromatic carbocycles. The van der Waals surface area contributed by atoms with Crippen molar-refractivity contribution in [2.45, 2.75) is 19.0 Å². The van der Waals surface area contributed by atoms with Crippen LogP contribution in [0.15, 0.2) is 12.1 Å². The molecule has 4 rings (SSSR count). The maximum absolute atomic E-state index is 13.0. The Hall–Kier alpha value is -2.29. The summed E-state index contributed by atoms with van der Waals surface area (Å²) in [6.07, 6.45) is -3.78. The van der Waals surface area contributed by atoms with Crippen molar-refractivity contribution >= 4 is 17.4 Å². The summed E-state index contributed by atoms with van der Waals surface area (Å²) in [6.45, 7) is 0.924. The first kappa shape index (κ1) is 17.1. The molecule has 1 amide bonds. The molecule has 0 N–H and O–H groups in total. The number of amides is 1. The number of ketones is 1. The molecular formula is C17H17F3N2O4. The van der Waals surface area contributed by atoms with Gasteiger partial charge in [0.05, 0.1) is 23.8 Å². The number of carbonyl (C=O) groups excluding carboxylic acids is 2. The molecule has 0 bridgehead atoms. The van der Waals surface area contributed by atoms with E-state index >= 15 is 0 Å². The van der Waals surface area contributed by atoms with Gasteiger partial charge in [0.15, 0.2) is 11.5 Å². The molecule has 0 aliphatic carbocycles. The number of hydrogen-bond donors (Lipinski definition) is 0. The van der Waals surface area contributed by atoms with Gasteiger partial charge in [0.1, 0.15) is 13.2 Å². The largest absolute Gasteiger partial charge is 0.486 e. The Morgan fingerprint density at radius 3 is 2.50 bits per heavy atom. The molecule has 0 spiro atoms. The van der Waals surface area contributed by atoms with E-state index in [4.69, 9.17) is 9.47 Å². The molecule has 3 aliphatic heterocycles. The summed E-state index contributed by atoms with van der Waals surface area (Å²) in [5.41, 5.74) is 0.557. The van der Waals surface area contributed by atoms with E-state index < -0.39 is 23.8 Å². The zero-order chi connectivity index (χ0) is 18.5. The number of alkyl halides is 3. The fourth-order valence-electron chi connectivity index (χ4n) is 3.62. The molecule has 1 saturated heterocycles. The summed E-state index contributed by atoms with van der Waals surface area (Å²) in [5.74, 6) is -2.01. The van der Waals surface area contributed by atoms with Gasteiger partial charge in [0.25, 0.3) is 5.78 Å². The molecule has 3 heterocycles. The van der Waals surface area contributed by atoms with Gasteiger partial charge in [0, 0.05) is 12.6 Å². The Balaban J connectivity index is 1.58. The first-order chi connectivity index (χ1) is 12.3. The number of nitrogens with zero attached hydrogens (tertiary/aromatic N) is 2. The molecule has 3 aliphatic rings. The van der Waals surface area contributed by atoms with Crippen LogP contribution in [0.4, 0.5) is 18.9 Å². The Bertz CT molecular complexity index is 765. The zero-order valence-electron chi connectivity index (χ0n) is 13.8. The number of fused-ring (bicyclic) bond motifs is 2. The number of benzene rings is 1. The SMILES string of the molecule is O=C1C(=O)N(CN2CCCC(C(F)(F)F)C2)c2cc3c(cc21)OCCO3. The molecular weight excluding hydrogens is 353 g/mol. The lowest BCUT2D eigenvalue weighted by Gasteiger charge is -2.35. The van der Waals surface area contributed by atoms with Crippen LogP contribution in [0.2, 0.25) is 0 Å². The lowest BCUT2D eigenvalue weighted by Crippen LogP contribution is -2.48. The standard InChI is InChI=1S/C17H17F3N2O4/c18-17(19,20)10-2-1-3-21(8-10)9-22-12-7-14-13(25-4-5-26-14)6-11(12)15(23)16(22)24/h6-7,10H,1-5,8-9H2. The number of anilines is 1. The fourth-order valence-corrected chi connectivity index (χ4v) is 3.62. The quantitative estimate of drug-likeness (QED) is 0.748. The number of halogens is 3. The van der Waals surface area contributed by atoms with Crippen molar-refractivity contribution in [1.82, 2.24) is 4.90 Å². The Labute approximate surface area is 147 Å². The topological polar surface area (TPSA) is 59.1 Å². The molecule has 9 heteroatoms. The highest BCUT2D eigenvalue weighted by molar-refractivity contribution is 6.52. The van der Waals surface area contributed by atoms with E-state index in [1.54, 1.807) is 11.0 Å². The van der Waals surface area contributed by atoms with Gasteiger partial charge in [-0.05, 0) is 25.5 Å². The highest BCUT2D eigenvalue weighted by atomic mass is 19.4. The van der Waals surface area contributed by atoms with Crippen molar-refractivity contribution in [2.75, 3.05) is 37.9 Å². The third-order valence-corrected chi connectivity index (χ3v) is 4.95. The summed E-state index contributed by atoms with van der Waals surface area (Å²) in [4.78, 5) is 27.4. The van der Waals surface area contributed by atoms with Crippen LogP contribution in [0, 0.1) is 5.92 Å². The van der Waals surface area contributed by atoms with E-state index in [1.165, 1.54) is 11.0 Å². The first-order valence-electron chi connectivity index (χ1n) is 8.43. The van der Waals surface area contributed by atoms with Crippen LogP contribution < -0.4 is 14.4 Å². The predicted octanol–water partition coefficient (Wildman–Crippen LogP) is 2.22. The summed E-state index contributed by atoms with van der Waals surface area (Å²) >= 11 is 0. The van der Waals surface area contributed by atoms with Gasteiger partial charge in [-0.1, -0.05) is 0 Å².